The third-order valence-electron chi connectivity index (χ3n) is 5.00. The van der Waals surface area contributed by atoms with E-state index in [2.05, 4.69) is 33.9 Å². The summed E-state index contributed by atoms with van der Waals surface area (Å²) in [4.78, 5) is 18.9. The summed E-state index contributed by atoms with van der Waals surface area (Å²) in [5, 5.41) is 7.80. The highest BCUT2D eigenvalue weighted by molar-refractivity contribution is 7.99. The van der Waals surface area contributed by atoms with Gasteiger partial charge in [0.25, 0.3) is 0 Å². The number of amides is 1. The van der Waals surface area contributed by atoms with Gasteiger partial charge >= 0.3 is 0 Å². The minimum atomic E-state index is 0.241. The van der Waals surface area contributed by atoms with Crippen LogP contribution in [0.1, 0.15) is 57.7 Å². The molecular formula is C16H26N4OS. The van der Waals surface area contributed by atoms with Gasteiger partial charge in [-0.3, -0.25) is 9.89 Å². The lowest BCUT2D eigenvalue weighted by Crippen LogP contribution is -2.45. The van der Waals surface area contributed by atoms with E-state index in [1.165, 1.54) is 43.9 Å². The first kappa shape index (κ1) is 15.8. The molecule has 1 amide bonds. The Kier molecular flexibility index (Phi) is 5.06. The topological polar surface area (TPSA) is 61.9 Å². The van der Waals surface area contributed by atoms with Crippen molar-refractivity contribution in [2.45, 2.75) is 57.0 Å². The zero-order valence-electron chi connectivity index (χ0n) is 13.5. The van der Waals surface area contributed by atoms with E-state index in [1.54, 1.807) is 0 Å². The largest absolute Gasteiger partial charge is 0.342 e. The van der Waals surface area contributed by atoms with Crippen LogP contribution >= 0.6 is 11.8 Å². The Labute approximate surface area is 136 Å². The van der Waals surface area contributed by atoms with Crippen molar-refractivity contribution in [1.82, 2.24) is 20.1 Å². The monoisotopic (exact) mass is 322 g/mol. The standard InChI is InChI=1S/C16H26N4OS/c1-11(2)15-17-16(19-18-15)22-10-14(21)20-8-7-12-5-3-4-6-13(12)9-20/h11-13H,3-10H2,1-2H3,(H,17,18,19)/t12-,13-/m0/s1. The van der Waals surface area contributed by atoms with Gasteiger partial charge in [0, 0.05) is 19.0 Å². The Balaban J connectivity index is 1.49. The van der Waals surface area contributed by atoms with Crippen molar-refractivity contribution in [3.05, 3.63) is 5.82 Å². The van der Waals surface area contributed by atoms with E-state index in [0.717, 1.165) is 30.7 Å². The molecule has 1 aliphatic heterocycles. The van der Waals surface area contributed by atoms with Crippen LogP contribution in [0.5, 0.6) is 0 Å². The summed E-state index contributed by atoms with van der Waals surface area (Å²) in [6.45, 7) is 6.06. The number of nitrogens with one attached hydrogen (secondary N) is 1. The van der Waals surface area contributed by atoms with Crippen molar-refractivity contribution < 1.29 is 4.79 Å². The molecule has 1 saturated heterocycles. The summed E-state index contributed by atoms with van der Waals surface area (Å²) in [5.74, 6) is 3.53. The lowest BCUT2D eigenvalue weighted by Gasteiger charge is -2.41. The van der Waals surface area contributed by atoms with Crippen molar-refractivity contribution in [3.8, 4) is 0 Å². The van der Waals surface area contributed by atoms with Crippen LogP contribution in [0.2, 0.25) is 0 Å². The second-order valence-electron chi connectivity index (χ2n) is 6.88. The van der Waals surface area contributed by atoms with Gasteiger partial charge in [0.2, 0.25) is 11.1 Å². The molecule has 1 aliphatic carbocycles. The van der Waals surface area contributed by atoms with Crippen molar-refractivity contribution in [2.24, 2.45) is 11.8 Å². The molecule has 1 saturated carbocycles. The Bertz CT molecular complexity index is 516. The smallest absolute Gasteiger partial charge is 0.233 e. The number of aromatic amines is 1. The van der Waals surface area contributed by atoms with Gasteiger partial charge in [-0.2, -0.15) is 0 Å². The molecule has 0 bridgehead atoms. The predicted octanol–water partition coefficient (Wildman–Crippen LogP) is 3.06. The molecule has 1 N–H and O–H groups in total. The highest BCUT2D eigenvalue weighted by Gasteiger charge is 2.32. The fourth-order valence-electron chi connectivity index (χ4n) is 3.63. The lowest BCUT2D eigenvalue weighted by molar-refractivity contribution is -0.131. The third-order valence-corrected chi connectivity index (χ3v) is 5.83. The summed E-state index contributed by atoms with van der Waals surface area (Å²) in [6, 6.07) is 0. The fraction of sp³-hybridized carbons (Fsp3) is 0.812. The van der Waals surface area contributed by atoms with Crippen molar-refractivity contribution >= 4 is 17.7 Å². The zero-order chi connectivity index (χ0) is 15.5. The number of carbonyl (C=O) groups excluding carboxylic acids is 1. The quantitative estimate of drug-likeness (QED) is 0.866. The van der Waals surface area contributed by atoms with Crippen molar-refractivity contribution in [3.63, 3.8) is 0 Å². The van der Waals surface area contributed by atoms with Crippen LogP contribution < -0.4 is 0 Å². The van der Waals surface area contributed by atoms with Crippen molar-refractivity contribution in [1.29, 1.82) is 0 Å². The predicted molar refractivity (Wildman–Crippen MR) is 87.8 cm³/mol. The minimum absolute atomic E-state index is 0.241. The Morgan fingerprint density at radius 2 is 2.09 bits per heavy atom. The number of rotatable bonds is 4. The van der Waals surface area contributed by atoms with Gasteiger partial charge in [-0.25, -0.2) is 4.98 Å². The van der Waals surface area contributed by atoms with E-state index in [-0.39, 0.29) is 5.91 Å². The normalized spacial score (nSPS) is 25.3. The number of nitrogens with zero attached hydrogens (tertiary/aromatic N) is 3. The first-order chi connectivity index (χ1) is 10.6. The van der Waals surface area contributed by atoms with Crippen LogP contribution in [-0.2, 0) is 4.79 Å². The molecule has 122 valence electrons. The first-order valence-electron chi connectivity index (χ1n) is 8.46. The van der Waals surface area contributed by atoms with E-state index < -0.39 is 0 Å². The molecule has 1 aromatic rings. The third kappa shape index (κ3) is 3.65. The number of likely N-dealkylation sites (tertiary alicyclic amines) is 1. The first-order valence-corrected chi connectivity index (χ1v) is 9.45. The van der Waals surface area contributed by atoms with Crippen LogP contribution in [0.25, 0.3) is 0 Å². The molecular weight excluding hydrogens is 296 g/mol. The van der Waals surface area contributed by atoms with Gasteiger partial charge in [-0.1, -0.05) is 44.9 Å². The van der Waals surface area contributed by atoms with Crippen molar-refractivity contribution in [2.75, 3.05) is 18.8 Å². The highest BCUT2D eigenvalue weighted by atomic mass is 32.2. The average molecular weight is 322 g/mol. The molecule has 22 heavy (non-hydrogen) atoms. The molecule has 0 spiro atoms. The number of fused-ring (bicyclic) bond motifs is 1. The number of hydrogen-bond acceptors (Lipinski definition) is 4. The van der Waals surface area contributed by atoms with Gasteiger partial charge in [0.05, 0.1) is 5.75 Å². The molecule has 2 heterocycles. The summed E-state index contributed by atoms with van der Waals surface area (Å²) < 4.78 is 0. The summed E-state index contributed by atoms with van der Waals surface area (Å²) >= 11 is 1.45. The van der Waals surface area contributed by atoms with E-state index in [0.29, 0.717) is 16.8 Å². The fourth-order valence-corrected chi connectivity index (χ4v) is 4.33. The molecule has 5 nitrogen and oxygen atoms in total. The number of hydrogen-bond donors (Lipinski definition) is 1. The van der Waals surface area contributed by atoms with Gasteiger partial charge in [-0.05, 0) is 24.7 Å². The molecule has 1 aromatic heterocycles. The minimum Gasteiger partial charge on any atom is -0.342 e. The van der Waals surface area contributed by atoms with Gasteiger partial charge in [-0.15, -0.1) is 5.10 Å². The number of aromatic nitrogens is 3. The Morgan fingerprint density at radius 3 is 2.82 bits per heavy atom. The zero-order valence-corrected chi connectivity index (χ0v) is 14.4. The van der Waals surface area contributed by atoms with Crippen LogP contribution in [0.3, 0.4) is 0 Å². The Morgan fingerprint density at radius 1 is 1.32 bits per heavy atom. The van der Waals surface area contributed by atoms with Crippen LogP contribution in [0.15, 0.2) is 5.16 Å². The summed E-state index contributed by atoms with van der Waals surface area (Å²) in [5.41, 5.74) is 0. The van der Waals surface area contributed by atoms with E-state index in [1.807, 2.05) is 0 Å². The van der Waals surface area contributed by atoms with Gasteiger partial charge in [0.1, 0.15) is 5.82 Å². The van der Waals surface area contributed by atoms with Crippen LogP contribution in [-0.4, -0.2) is 44.8 Å². The molecule has 3 rings (SSSR count). The van der Waals surface area contributed by atoms with E-state index in [9.17, 15) is 4.79 Å². The highest BCUT2D eigenvalue weighted by Crippen LogP contribution is 2.36. The van der Waals surface area contributed by atoms with E-state index in [4.69, 9.17) is 0 Å². The van der Waals surface area contributed by atoms with Gasteiger partial charge in [0.15, 0.2) is 0 Å². The maximum atomic E-state index is 12.4. The average Bonchev–Trinajstić information content (AvgIpc) is 3.01. The number of thioether (sulfide) groups is 1. The molecule has 0 radical (unpaired) electrons. The molecule has 2 atom stereocenters. The maximum absolute atomic E-state index is 12.4. The van der Waals surface area contributed by atoms with Crippen LogP contribution in [0, 0.1) is 11.8 Å². The molecule has 6 heteroatoms. The second-order valence-corrected chi connectivity index (χ2v) is 7.82. The maximum Gasteiger partial charge on any atom is 0.233 e. The molecule has 0 aromatic carbocycles. The van der Waals surface area contributed by atoms with Gasteiger partial charge < -0.3 is 4.90 Å². The van der Waals surface area contributed by atoms with Crippen LogP contribution in [0.4, 0.5) is 0 Å². The number of piperidine rings is 1. The number of carbonyl (C=O) groups is 1. The molecule has 0 unspecified atom stereocenters. The SMILES string of the molecule is CC(C)c1nc(SCC(=O)N2CC[C@@H]3CCCC[C@H]3C2)n[nH]1. The molecule has 2 fully saturated rings. The summed E-state index contributed by atoms with van der Waals surface area (Å²) in [6.07, 6.45) is 6.59. The Hall–Kier alpha value is -1.04. The lowest BCUT2D eigenvalue weighted by atomic mass is 9.75. The van der Waals surface area contributed by atoms with E-state index >= 15 is 0 Å². The second kappa shape index (κ2) is 7.02. The summed E-state index contributed by atoms with van der Waals surface area (Å²) in [7, 11) is 0. The number of H-pyrrole nitrogens is 1. The molecule has 2 aliphatic rings.